The first-order valence-electron chi connectivity index (χ1n) is 6.38. The van der Waals surface area contributed by atoms with Gasteiger partial charge in [0.05, 0.1) is 24.7 Å². The third-order valence-electron chi connectivity index (χ3n) is 3.30. The normalized spacial score (nSPS) is 10.5. The predicted octanol–water partition coefficient (Wildman–Crippen LogP) is 2.52. The van der Waals surface area contributed by atoms with Crippen molar-refractivity contribution in [2.45, 2.75) is 6.54 Å². The first-order chi connectivity index (χ1) is 10.2. The summed E-state index contributed by atoms with van der Waals surface area (Å²) in [5.74, 6) is 0.0929. The fourth-order valence-electron chi connectivity index (χ4n) is 2.27. The fourth-order valence-corrected chi connectivity index (χ4v) is 2.27. The molecule has 1 heterocycles. The molecule has 0 fully saturated rings. The van der Waals surface area contributed by atoms with E-state index in [-0.39, 0.29) is 0 Å². The third-order valence-corrected chi connectivity index (χ3v) is 3.30. The van der Waals surface area contributed by atoms with Gasteiger partial charge in [0.15, 0.2) is 5.58 Å². The van der Waals surface area contributed by atoms with Crippen LogP contribution in [0.5, 0.6) is 5.75 Å². The van der Waals surface area contributed by atoms with Crippen LogP contribution in [-0.2, 0) is 6.54 Å². The monoisotopic (exact) mass is 280 g/mol. The lowest BCUT2D eigenvalue weighted by Gasteiger charge is -2.07. The summed E-state index contributed by atoms with van der Waals surface area (Å²) >= 11 is 0. The molecule has 0 saturated heterocycles. The van der Waals surface area contributed by atoms with Gasteiger partial charge in [-0.15, -0.1) is 0 Å². The molecule has 0 unspecified atom stereocenters. The number of hydrogen-bond acceptors (Lipinski definition) is 4. The number of methoxy groups -OCH3 is 1. The van der Waals surface area contributed by atoms with Crippen molar-refractivity contribution in [3.63, 3.8) is 0 Å². The van der Waals surface area contributed by atoms with Crippen LogP contribution in [0, 0.1) is 11.3 Å². The van der Waals surface area contributed by atoms with E-state index in [1.54, 1.807) is 28.8 Å². The van der Waals surface area contributed by atoms with Crippen LogP contribution in [0.4, 0.5) is 0 Å². The van der Waals surface area contributed by atoms with Crippen LogP contribution in [0.2, 0.25) is 0 Å². The van der Waals surface area contributed by atoms with Gasteiger partial charge in [0, 0.05) is 0 Å². The van der Waals surface area contributed by atoms with Gasteiger partial charge in [0.2, 0.25) is 0 Å². The molecule has 0 N–H and O–H groups in total. The Kier molecular flexibility index (Phi) is 3.20. The summed E-state index contributed by atoms with van der Waals surface area (Å²) in [6.07, 6.45) is 0. The van der Waals surface area contributed by atoms with Crippen LogP contribution in [0.1, 0.15) is 11.1 Å². The molecule has 5 heteroatoms. The van der Waals surface area contributed by atoms with Gasteiger partial charge < -0.3 is 9.15 Å². The largest absolute Gasteiger partial charge is 0.495 e. The van der Waals surface area contributed by atoms with Crippen LogP contribution in [0.25, 0.3) is 11.1 Å². The maximum atomic E-state index is 11.9. The number of fused-ring (bicyclic) bond motifs is 1. The van der Waals surface area contributed by atoms with Crippen LogP contribution < -0.4 is 10.5 Å². The number of hydrogen-bond donors (Lipinski definition) is 0. The Bertz CT molecular complexity index is 900. The Balaban J connectivity index is 2.05. The SMILES string of the molecule is COc1cc(Cn2c(=O)oc3ccccc32)ccc1C#N. The van der Waals surface area contributed by atoms with Crippen LogP contribution in [-0.4, -0.2) is 11.7 Å². The lowest BCUT2D eigenvalue weighted by atomic mass is 10.1. The molecule has 21 heavy (non-hydrogen) atoms. The lowest BCUT2D eigenvalue weighted by Crippen LogP contribution is -2.14. The number of nitriles is 1. The first-order valence-corrected chi connectivity index (χ1v) is 6.38. The molecular weight excluding hydrogens is 268 g/mol. The van der Waals surface area contributed by atoms with Gasteiger partial charge in [-0.2, -0.15) is 5.26 Å². The van der Waals surface area contributed by atoms with Crippen molar-refractivity contribution < 1.29 is 9.15 Å². The van der Waals surface area contributed by atoms with E-state index in [1.807, 2.05) is 18.2 Å². The molecule has 0 atom stereocenters. The molecule has 0 saturated carbocycles. The number of nitrogens with zero attached hydrogens (tertiary/aromatic N) is 2. The van der Waals surface area contributed by atoms with Gasteiger partial charge >= 0.3 is 5.76 Å². The first kappa shape index (κ1) is 13.0. The van der Waals surface area contributed by atoms with E-state index in [0.29, 0.717) is 23.4 Å². The molecular formula is C16H12N2O3. The molecule has 0 spiro atoms. The van der Waals surface area contributed by atoms with Gasteiger partial charge in [-0.3, -0.25) is 4.57 Å². The third kappa shape index (κ3) is 2.28. The van der Waals surface area contributed by atoms with Crippen LogP contribution in [0.3, 0.4) is 0 Å². The minimum atomic E-state index is -0.403. The quantitative estimate of drug-likeness (QED) is 0.739. The fraction of sp³-hybridized carbons (Fsp3) is 0.125. The van der Waals surface area contributed by atoms with Gasteiger partial charge in [0.25, 0.3) is 0 Å². The summed E-state index contributed by atoms with van der Waals surface area (Å²) in [5.41, 5.74) is 2.62. The molecule has 0 bridgehead atoms. The van der Waals surface area contributed by atoms with Gasteiger partial charge in [0.1, 0.15) is 11.8 Å². The maximum Gasteiger partial charge on any atom is 0.420 e. The molecule has 0 aliphatic rings. The molecule has 5 nitrogen and oxygen atoms in total. The van der Waals surface area contributed by atoms with E-state index >= 15 is 0 Å². The van der Waals surface area contributed by atoms with E-state index in [4.69, 9.17) is 14.4 Å². The molecule has 3 aromatic rings. The van der Waals surface area contributed by atoms with Crippen molar-refractivity contribution in [3.05, 3.63) is 64.1 Å². The van der Waals surface area contributed by atoms with Crippen LogP contribution >= 0.6 is 0 Å². The molecule has 1 aromatic heterocycles. The molecule has 104 valence electrons. The highest BCUT2D eigenvalue weighted by Crippen LogP contribution is 2.21. The van der Waals surface area contributed by atoms with Gasteiger partial charge in [-0.25, -0.2) is 4.79 Å². The minimum absolute atomic E-state index is 0.359. The smallest absolute Gasteiger partial charge is 0.420 e. The van der Waals surface area contributed by atoms with Crippen molar-refractivity contribution in [1.29, 1.82) is 5.26 Å². The van der Waals surface area contributed by atoms with Crippen molar-refractivity contribution >= 4 is 11.1 Å². The second-order valence-electron chi connectivity index (χ2n) is 4.57. The van der Waals surface area contributed by atoms with Crippen molar-refractivity contribution in [1.82, 2.24) is 4.57 Å². The molecule has 0 radical (unpaired) electrons. The second-order valence-corrected chi connectivity index (χ2v) is 4.57. The Morgan fingerprint density at radius 3 is 2.86 bits per heavy atom. The molecule has 0 aliphatic carbocycles. The Hall–Kier alpha value is -3.00. The predicted molar refractivity (Wildman–Crippen MR) is 77.3 cm³/mol. The number of benzene rings is 2. The van der Waals surface area contributed by atoms with E-state index in [9.17, 15) is 4.79 Å². The Labute approximate surface area is 120 Å². The molecule has 0 aliphatic heterocycles. The minimum Gasteiger partial charge on any atom is -0.495 e. The highest BCUT2D eigenvalue weighted by Gasteiger charge is 2.10. The van der Waals surface area contributed by atoms with Crippen molar-refractivity contribution in [2.75, 3.05) is 7.11 Å². The summed E-state index contributed by atoms with van der Waals surface area (Å²) in [7, 11) is 1.51. The van der Waals surface area contributed by atoms with Crippen molar-refractivity contribution in [2.24, 2.45) is 0 Å². The van der Waals surface area contributed by atoms with E-state index in [2.05, 4.69) is 6.07 Å². The topological polar surface area (TPSA) is 68.2 Å². The Morgan fingerprint density at radius 2 is 2.10 bits per heavy atom. The average Bonchev–Trinajstić information content (AvgIpc) is 2.83. The van der Waals surface area contributed by atoms with E-state index in [1.165, 1.54) is 7.11 Å². The number of para-hydroxylation sites is 2. The number of rotatable bonds is 3. The molecule has 3 rings (SSSR count). The maximum absolute atomic E-state index is 11.9. The van der Waals surface area contributed by atoms with Gasteiger partial charge in [-0.05, 0) is 29.8 Å². The molecule has 2 aromatic carbocycles. The van der Waals surface area contributed by atoms with Crippen molar-refractivity contribution in [3.8, 4) is 11.8 Å². The van der Waals surface area contributed by atoms with Gasteiger partial charge in [-0.1, -0.05) is 18.2 Å². The number of oxazole rings is 1. The number of ether oxygens (including phenoxy) is 1. The molecule has 0 amide bonds. The highest BCUT2D eigenvalue weighted by molar-refractivity contribution is 5.72. The van der Waals surface area contributed by atoms with Crippen LogP contribution in [0.15, 0.2) is 51.7 Å². The zero-order chi connectivity index (χ0) is 14.8. The summed E-state index contributed by atoms with van der Waals surface area (Å²) in [4.78, 5) is 11.9. The van der Waals surface area contributed by atoms with E-state index < -0.39 is 5.76 Å². The summed E-state index contributed by atoms with van der Waals surface area (Å²) in [5, 5.41) is 8.98. The average molecular weight is 280 g/mol. The summed E-state index contributed by atoms with van der Waals surface area (Å²) in [6.45, 7) is 0.359. The zero-order valence-electron chi connectivity index (χ0n) is 11.4. The Morgan fingerprint density at radius 1 is 1.29 bits per heavy atom. The lowest BCUT2D eigenvalue weighted by molar-refractivity contribution is 0.412. The summed E-state index contributed by atoms with van der Waals surface area (Å²) < 4.78 is 11.9. The second kappa shape index (κ2) is 5.17. The summed E-state index contributed by atoms with van der Waals surface area (Å²) in [6, 6.07) is 14.6. The van der Waals surface area contributed by atoms with E-state index in [0.717, 1.165) is 11.1 Å². The number of aromatic nitrogens is 1. The standard InChI is InChI=1S/C16H12N2O3/c1-20-15-8-11(6-7-12(15)9-17)10-18-13-4-2-3-5-14(13)21-16(18)19/h2-8H,10H2,1H3. The zero-order valence-corrected chi connectivity index (χ0v) is 11.4. The highest BCUT2D eigenvalue weighted by atomic mass is 16.5.